The van der Waals surface area contributed by atoms with E-state index in [4.69, 9.17) is 0 Å². The molecule has 0 aromatic heterocycles. The van der Waals surface area contributed by atoms with Gasteiger partial charge < -0.3 is 20.0 Å². The zero-order chi connectivity index (χ0) is 19.4. The van der Waals surface area contributed by atoms with E-state index in [0.29, 0.717) is 0 Å². The molecule has 0 aliphatic rings. The van der Waals surface area contributed by atoms with Crippen molar-refractivity contribution in [1.29, 1.82) is 0 Å². The van der Waals surface area contributed by atoms with Crippen LogP contribution in [0.2, 0.25) is 0 Å². The van der Waals surface area contributed by atoms with Gasteiger partial charge in [0.1, 0.15) is 11.5 Å². The second kappa shape index (κ2) is 9.22. The molecule has 26 heavy (non-hydrogen) atoms. The van der Waals surface area contributed by atoms with Crippen LogP contribution in [-0.4, -0.2) is 47.2 Å². The maximum atomic E-state index is 9.90. The first-order valence-corrected chi connectivity index (χ1v) is 10.1. The quantitative estimate of drug-likeness (QED) is 0.591. The van der Waals surface area contributed by atoms with Crippen LogP contribution in [-0.2, 0) is 13.1 Å². The molecular weight excluding hydrogens is 460 g/mol. The van der Waals surface area contributed by atoms with Gasteiger partial charge in [0.05, 0.1) is 8.95 Å². The molecule has 0 saturated heterocycles. The summed E-state index contributed by atoms with van der Waals surface area (Å²) in [5.74, 6) is 0.556. The SMILES string of the molecule is Cc1ccc(O)c(Br)c1CN(C)CCN(C)Cc1c(C)ccc(O)c1Br. The molecule has 0 bridgehead atoms. The van der Waals surface area contributed by atoms with Gasteiger partial charge in [-0.25, -0.2) is 0 Å². The number of benzene rings is 2. The van der Waals surface area contributed by atoms with Crippen LogP contribution in [0.15, 0.2) is 33.2 Å². The lowest BCUT2D eigenvalue weighted by Crippen LogP contribution is -2.30. The molecular formula is C20H26Br2N2O2. The van der Waals surface area contributed by atoms with E-state index in [1.54, 1.807) is 12.1 Å². The molecule has 2 aromatic carbocycles. The minimum atomic E-state index is 0.278. The van der Waals surface area contributed by atoms with Gasteiger partial charge in [-0.2, -0.15) is 0 Å². The van der Waals surface area contributed by atoms with Crippen molar-refractivity contribution in [2.24, 2.45) is 0 Å². The average molecular weight is 486 g/mol. The van der Waals surface area contributed by atoms with Crippen LogP contribution < -0.4 is 0 Å². The Morgan fingerprint density at radius 2 is 1.08 bits per heavy atom. The van der Waals surface area contributed by atoms with Crippen LogP contribution in [0.1, 0.15) is 22.3 Å². The number of likely N-dealkylation sites (N-methyl/N-ethyl adjacent to an activating group) is 2. The zero-order valence-electron chi connectivity index (χ0n) is 15.7. The first kappa shape index (κ1) is 21.2. The van der Waals surface area contributed by atoms with Gasteiger partial charge in [0.2, 0.25) is 0 Å². The number of nitrogens with zero attached hydrogens (tertiary/aromatic N) is 2. The number of halogens is 2. The Hall–Kier alpha value is -1.08. The van der Waals surface area contributed by atoms with Crippen molar-refractivity contribution in [3.05, 3.63) is 55.5 Å². The number of hydrogen-bond acceptors (Lipinski definition) is 4. The van der Waals surface area contributed by atoms with Crippen LogP contribution >= 0.6 is 31.9 Å². The van der Waals surface area contributed by atoms with Crippen LogP contribution in [0.4, 0.5) is 0 Å². The molecule has 142 valence electrons. The van der Waals surface area contributed by atoms with E-state index < -0.39 is 0 Å². The molecule has 0 radical (unpaired) electrons. The Morgan fingerprint density at radius 1 is 0.731 bits per heavy atom. The van der Waals surface area contributed by atoms with Gasteiger partial charge in [-0.15, -0.1) is 0 Å². The van der Waals surface area contributed by atoms with Gasteiger partial charge in [-0.1, -0.05) is 12.1 Å². The highest BCUT2D eigenvalue weighted by molar-refractivity contribution is 9.11. The molecule has 2 aromatic rings. The maximum absolute atomic E-state index is 9.90. The molecule has 0 heterocycles. The van der Waals surface area contributed by atoms with Gasteiger partial charge in [-0.05, 0) is 94.2 Å². The summed E-state index contributed by atoms with van der Waals surface area (Å²) in [6.45, 7) is 7.44. The predicted octanol–water partition coefficient (Wildman–Crippen LogP) is 4.80. The number of rotatable bonds is 7. The monoisotopic (exact) mass is 484 g/mol. The van der Waals surface area contributed by atoms with E-state index in [0.717, 1.165) is 57.4 Å². The molecule has 2 N–H and O–H groups in total. The molecule has 0 amide bonds. The van der Waals surface area contributed by atoms with Crippen molar-refractivity contribution in [2.75, 3.05) is 27.2 Å². The third-order valence-electron chi connectivity index (χ3n) is 4.63. The van der Waals surface area contributed by atoms with E-state index in [2.05, 4.69) is 69.6 Å². The lowest BCUT2D eigenvalue weighted by Gasteiger charge is -2.24. The summed E-state index contributed by atoms with van der Waals surface area (Å²) in [6.07, 6.45) is 0. The van der Waals surface area contributed by atoms with Crippen molar-refractivity contribution >= 4 is 31.9 Å². The Morgan fingerprint density at radius 3 is 1.42 bits per heavy atom. The van der Waals surface area contributed by atoms with Crippen LogP contribution in [0, 0.1) is 13.8 Å². The summed E-state index contributed by atoms with van der Waals surface area (Å²) in [6, 6.07) is 7.31. The van der Waals surface area contributed by atoms with Crippen molar-refractivity contribution in [3.8, 4) is 11.5 Å². The largest absolute Gasteiger partial charge is 0.507 e. The second-order valence-corrected chi connectivity index (χ2v) is 8.45. The number of aryl methyl sites for hydroxylation is 2. The van der Waals surface area contributed by atoms with Crippen molar-refractivity contribution < 1.29 is 10.2 Å². The number of aromatic hydroxyl groups is 2. The van der Waals surface area contributed by atoms with Crippen molar-refractivity contribution in [2.45, 2.75) is 26.9 Å². The average Bonchev–Trinajstić information content (AvgIpc) is 2.60. The molecule has 0 unspecified atom stereocenters. The Bertz CT molecular complexity index is 715. The van der Waals surface area contributed by atoms with Gasteiger partial charge in [-0.3, -0.25) is 0 Å². The van der Waals surface area contributed by atoms with Crippen molar-refractivity contribution in [1.82, 2.24) is 9.80 Å². The molecule has 0 atom stereocenters. The number of phenolic OH excluding ortho intramolecular Hbond substituents is 2. The predicted molar refractivity (Wildman–Crippen MR) is 114 cm³/mol. The van der Waals surface area contributed by atoms with E-state index in [1.165, 1.54) is 0 Å². The van der Waals surface area contributed by atoms with E-state index in [9.17, 15) is 10.2 Å². The molecule has 6 heteroatoms. The topological polar surface area (TPSA) is 46.9 Å². The smallest absolute Gasteiger partial charge is 0.130 e. The fourth-order valence-electron chi connectivity index (χ4n) is 2.84. The number of phenols is 2. The Kier molecular flexibility index (Phi) is 7.52. The van der Waals surface area contributed by atoms with E-state index in [-0.39, 0.29) is 11.5 Å². The highest BCUT2D eigenvalue weighted by atomic mass is 79.9. The van der Waals surface area contributed by atoms with Gasteiger partial charge >= 0.3 is 0 Å². The van der Waals surface area contributed by atoms with Crippen LogP contribution in [0.3, 0.4) is 0 Å². The van der Waals surface area contributed by atoms with Crippen LogP contribution in [0.5, 0.6) is 11.5 Å². The fraction of sp³-hybridized carbons (Fsp3) is 0.400. The summed E-state index contributed by atoms with van der Waals surface area (Å²) < 4.78 is 1.55. The summed E-state index contributed by atoms with van der Waals surface area (Å²) in [4.78, 5) is 4.49. The van der Waals surface area contributed by atoms with Gasteiger partial charge in [0.25, 0.3) is 0 Å². The number of hydrogen-bond donors (Lipinski definition) is 2. The Labute approximate surface area is 172 Å². The summed E-state index contributed by atoms with van der Waals surface area (Å²) in [5.41, 5.74) is 4.55. The second-order valence-electron chi connectivity index (χ2n) is 6.86. The van der Waals surface area contributed by atoms with Crippen molar-refractivity contribution in [3.63, 3.8) is 0 Å². The highest BCUT2D eigenvalue weighted by Crippen LogP contribution is 2.31. The Balaban J connectivity index is 1.95. The lowest BCUT2D eigenvalue weighted by molar-refractivity contribution is 0.246. The molecule has 0 aliphatic heterocycles. The summed E-state index contributed by atoms with van der Waals surface area (Å²) in [5, 5.41) is 19.8. The summed E-state index contributed by atoms with van der Waals surface area (Å²) >= 11 is 6.98. The van der Waals surface area contributed by atoms with Gasteiger partial charge in [0, 0.05) is 26.2 Å². The molecule has 2 rings (SSSR count). The third kappa shape index (κ3) is 5.22. The summed E-state index contributed by atoms with van der Waals surface area (Å²) in [7, 11) is 4.17. The molecule has 0 fully saturated rings. The van der Waals surface area contributed by atoms with Gasteiger partial charge in [0.15, 0.2) is 0 Å². The molecule has 0 spiro atoms. The zero-order valence-corrected chi connectivity index (χ0v) is 18.9. The first-order chi connectivity index (χ1) is 12.2. The minimum absolute atomic E-state index is 0.278. The standard InChI is InChI=1S/C20H26Br2N2O2/c1-13-5-7-17(25)19(21)15(13)11-23(3)9-10-24(4)12-16-14(2)6-8-18(26)20(16)22/h5-8,25-26H,9-12H2,1-4H3. The molecule has 0 aliphatic carbocycles. The van der Waals surface area contributed by atoms with Crippen LogP contribution in [0.25, 0.3) is 0 Å². The normalized spacial score (nSPS) is 11.5. The first-order valence-electron chi connectivity index (χ1n) is 8.51. The maximum Gasteiger partial charge on any atom is 0.130 e. The minimum Gasteiger partial charge on any atom is -0.507 e. The fourth-order valence-corrected chi connectivity index (χ4v) is 3.98. The van der Waals surface area contributed by atoms with E-state index >= 15 is 0 Å². The highest BCUT2D eigenvalue weighted by Gasteiger charge is 2.13. The molecule has 0 saturated carbocycles. The third-order valence-corrected chi connectivity index (χ3v) is 6.40. The van der Waals surface area contributed by atoms with E-state index in [1.807, 2.05) is 12.1 Å². The lowest BCUT2D eigenvalue weighted by atomic mass is 10.1. The molecule has 4 nitrogen and oxygen atoms in total.